The lowest BCUT2D eigenvalue weighted by Crippen LogP contribution is -2.12. The lowest BCUT2D eigenvalue weighted by Gasteiger charge is -2.07. The highest BCUT2D eigenvalue weighted by molar-refractivity contribution is 5.87. The fourth-order valence-corrected chi connectivity index (χ4v) is 1.12. The number of aromatic nitrogens is 2. The fourth-order valence-electron chi connectivity index (χ4n) is 1.12. The second kappa shape index (κ2) is 7.56. The molecule has 0 spiro atoms. The summed E-state index contributed by atoms with van der Waals surface area (Å²) >= 11 is 0. The van der Waals surface area contributed by atoms with E-state index in [0.717, 1.165) is 12.8 Å². The first-order chi connectivity index (χ1) is 8.25. The van der Waals surface area contributed by atoms with Crippen LogP contribution in [0.1, 0.15) is 30.3 Å². The minimum atomic E-state index is -1.15. The van der Waals surface area contributed by atoms with Gasteiger partial charge in [0.05, 0.1) is 6.61 Å². The number of carbonyl (C=O) groups is 1. The van der Waals surface area contributed by atoms with Crippen molar-refractivity contribution >= 4 is 5.97 Å². The van der Waals surface area contributed by atoms with Crippen molar-refractivity contribution in [2.45, 2.75) is 19.8 Å². The summed E-state index contributed by atoms with van der Waals surface area (Å²) in [5.74, 6) is -1.13. The van der Waals surface area contributed by atoms with Gasteiger partial charge >= 0.3 is 5.97 Å². The van der Waals surface area contributed by atoms with E-state index >= 15 is 0 Å². The van der Waals surface area contributed by atoms with Crippen LogP contribution in [0.15, 0.2) is 12.4 Å². The molecule has 0 unspecified atom stereocenters. The predicted molar refractivity (Wildman–Crippen MR) is 60.2 cm³/mol. The van der Waals surface area contributed by atoms with Crippen LogP contribution >= 0.6 is 0 Å². The first kappa shape index (κ1) is 13.4. The molecule has 6 nitrogen and oxygen atoms in total. The summed E-state index contributed by atoms with van der Waals surface area (Å²) in [6.07, 6.45) is 4.79. The largest absolute Gasteiger partial charge is 0.476 e. The van der Waals surface area contributed by atoms with Crippen molar-refractivity contribution in [2.75, 3.05) is 19.8 Å². The molecule has 0 radical (unpaired) electrons. The highest BCUT2D eigenvalue weighted by Crippen LogP contribution is 2.10. The van der Waals surface area contributed by atoms with Crippen LogP contribution < -0.4 is 4.74 Å². The number of unbranched alkanes of at least 4 members (excludes halogenated alkanes) is 1. The van der Waals surface area contributed by atoms with E-state index in [0.29, 0.717) is 13.2 Å². The van der Waals surface area contributed by atoms with E-state index in [1.807, 2.05) is 0 Å². The van der Waals surface area contributed by atoms with Gasteiger partial charge in [-0.2, -0.15) is 0 Å². The van der Waals surface area contributed by atoms with Gasteiger partial charge in [0, 0.05) is 19.0 Å². The normalized spacial score (nSPS) is 10.2. The number of carboxylic acids is 1. The molecule has 0 amide bonds. The molecule has 0 saturated heterocycles. The van der Waals surface area contributed by atoms with Crippen molar-refractivity contribution in [2.24, 2.45) is 0 Å². The average molecular weight is 240 g/mol. The van der Waals surface area contributed by atoms with Gasteiger partial charge < -0.3 is 14.6 Å². The van der Waals surface area contributed by atoms with E-state index in [2.05, 4.69) is 16.9 Å². The van der Waals surface area contributed by atoms with Crippen LogP contribution in [-0.4, -0.2) is 40.9 Å². The second-order valence-electron chi connectivity index (χ2n) is 3.33. The molecule has 0 fully saturated rings. The maximum Gasteiger partial charge on any atom is 0.360 e. The Bertz CT molecular complexity index is 357. The van der Waals surface area contributed by atoms with E-state index in [1.54, 1.807) is 0 Å². The Kier molecular flexibility index (Phi) is 5.95. The summed E-state index contributed by atoms with van der Waals surface area (Å²) < 4.78 is 10.5. The second-order valence-corrected chi connectivity index (χ2v) is 3.33. The lowest BCUT2D eigenvalue weighted by atomic mass is 10.4. The Morgan fingerprint density at radius 2 is 2.06 bits per heavy atom. The van der Waals surface area contributed by atoms with Gasteiger partial charge in [-0.3, -0.25) is 0 Å². The Hall–Kier alpha value is -1.69. The monoisotopic (exact) mass is 240 g/mol. The molecule has 17 heavy (non-hydrogen) atoms. The first-order valence-electron chi connectivity index (χ1n) is 5.50. The molecule has 0 bridgehead atoms. The van der Waals surface area contributed by atoms with Gasteiger partial charge in [-0.25, -0.2) is 14.8 Å². The highest BCUT2D eigenvalue weighted by atomic mass is 16.5. The van der Waals surface area contributed by atoms with E-state index in [1.165, 1.54) is 12.4 Å². The molecule has 0 aliphatic carbocycles. The molecule has 0 aromatic carbocycles. The van der Waals surface area contributed by atoms with Crippen molar-refractivity contribution in [1.29, 1.82) is 0 Å². The number of hydrogen-bond donors (Lipinski definition) is 1. The lowest BCUT2D eigenvalue weighted by molar-refractivity contribution is 0.0674. The number of hydrogen-bond acceptors (Lipinski definition) is 5. The molecule has 6 heteroatoms. The van der Waals surface area contributed by atoms with Crippen LogP contribution in [0.5, 0.6) is 5.88 Å². The molecule has 94 valence electrons. The molecular weight excluding hydrogens is 224 g/mol. The summed E-state index contributed by atoms with van der Waals surface area (Å²) in [5.41, 5.74) is -0.180. The van der Waals surface area contributed by atoms with Crippen molar-refractivity contribution < 1.29 is 19.4 Å². The first-order valence-corrected chi connectivity index (χ1v) is 5.50. The van der Waals surface area contributed by atoms with Crippen molar-refractivity contribution in [1.82, 2.24) is 9.97 Å². The molecule has 0 atom stereocenters. The van der Waals surface area contributed by atoms with Gasteiger partial charge in [-0.1, -0.05) is 13.3 Å². The molecule has 1 heterocycles. The predicted octanol–water partition coefficient (Wildman–Crippen LogP) is 1.37. The number of carboxylic acid groups (broad SMARTS) is 1. The van der Waals surface area contributed by atoms with Crippen LogP contribution in [0.25, 0.3) is 0 Å². The smallest absolute Gasteiger partial charge is 0.360 e. The van der Waals surface area contributed by atoms with Gasteiger partial charge in [0.15, 0.2) is 0 Å². The van der Waals surface area contributed by atoms with Crippen LogP contribution in [-0.2, 0) is 4.74 Å². The number of ether oxygens (including phenoxy) is 2. The standard InChI is InChI=1S/C11H16N2O4/c1-2-3-6-16-7-8-17-10-9(11(14)15)12-4-5-13-10/h4-5H,2-3,6-8H2,1H3,(H,14,15). The third-order valence-electron chi connectivity index (χ3n) is 1.98. The zero-order valence-electron chi connectivity index (χ0n) is 9.76. The van der Waals surface area contributed by atoms with Gasteiger partial charge in [-0.05, 0) is 6.42 Å². The van der Waals surface area contributed by atoms with E-state index in [-0.39, 0.29) is 18.2 Å². The molecule has 1 aromatic heterocycles. The number of nitrogens with zero attached hydrogens (tertiary/aromatic N) is 2. The Labute approximate surface area is 99.6 Å². The Balaban J connectivity index is 2.34. The van der Waals surface area contributed by atoms with Gasteiger partial charge in [0.1, 0.15) is 6.61 Å². The molecule has 0 aliphatic heterocycles. The summed E-state index contributed by atoms with van der Waals surface area (Å²) in [7, 11) is 0. The van der Waals surface area contributed by atoms with Gasteiger partial charge in [0.2, 0.25) is 11.6 Å². The van der Waals surface area contributed by atoms with Crippen LogP contribution in [0.3, 0.4) is 0 Å². The molecule has 1 N–H and O–H groups in total. The summed E-state index contributed by atoms with van der Waals surface area (Å²) in [5, 5.41) is 8.82. The van der Waals surface area contributed by atoms with Gasteiger partial charge in [0.25, 0.3) is 0 Å². The SMILES string of the molecule is CCCCOCCOc1nccnc1C(=O)O. The van der Waals surface area contributed by atoms with Crippen molar-refractivity contribution in [3.8, 4) is 5.88 Å². The van der Waals surface area contributed by atoms with E-state index in [9.17, 15) is 4.79 Å². The van der Waals surface area contributed by atoms with Crippen LogP contribution in [0.2, 0.25) is 0 Å². The summed E-state index contributed by atoms with van der Waals surface area (Å²) in [4.78, 5) is 18.3. The van der Waals surface area contributed by atoms with Gasteiger partial charge in [-0.15, -0.1) is 0 Å². The minimum Gasteiger partial charge on any atom is -0.476 e. The Morgan fingerprint density at radius 3 is 2.76 bits per heavy atom. The zero-order chi connectivity index (χ0) is 12.5. The maximum absolute atomic E-state index is 10.8. The van der Waals surface area contributed by atoms with Crippen molar-refractivity contribution in [3.63, 3.8) is 0 Å². The van der Waals surface area contributed by atoms with E-state index < -0.39 is 5.97 Å². The third-order valence-corrected chi connectivity index (χ3v) is 1.98. The van der Waals surface area contributed by atoms with Crippen molar-refractivity contribution in [3.05, 3.63) is 18.1 Å². The van der Waals surface area contributed by atoms with Crippen LogP contribution in [0.4, 0.5) is 0 Å². The minimum absolute atomic E-state index is 0.0269. The molecule has 0 saturated carbocycles. The van der Waals surface area contributed by atoms with Crippen LogP contribution in [0, 0.1) is 0 Å². The molecule has 0 aliphatic rings. The Morgan fingerprint density at radius 1 is 1.29 bits per heavy atom. The average Bonchev–Trinajstić information content (AvgIpc) is 2.34. The number of aromatic carboxylic acids is 1. The summed E-state index contributed by atoms with van der Waals surface area (Å²) in [6, 6.07) is 0. The molecular formula is C11H16N2O4. The zero-order valence-corrected chi connectivity index (χ0v) is 9.76. The number of rotatable bonds is 8. The topological polar surface area (TPSA) is 81.5 Å². The summed E-state index contributed by atoms with van der Waals surface area (Å²) in [6.45, 7) is 3.45. The third kappa shape index (κ3) is 4.78. The maximum atomic E-state index is 10.8. The van der Waals surface area contributed by atoms with E-state index in [4.69, 9.17) is 14.6 Å². The highest BCUT2D eigenvalue weighted by Gasteiger charge is 2.13. The quantitative estimate of drug-likeness (QED) is 0.691. The fraction of sp³-hybridized carbons (Fsp3) is 0.545. The molecule has 1 aromatic rings. The molecule has 1 rings (SSSR count).